The van der Waals surface area contributed by atoms with Crippen molar-refractivity contribution in [1.29, 1.82) is 0 Å². The number of carbonyl (C=O) groups is 1. The van der Waals surface area contributed by atoms with Gasteiger partial charge in [0.2, 0.25) is 0 Å². The van der Waals surface area contributed by atoms with Gasteiger partial charge in [0.05, 0.1) is 11.5 Å². The highest BCUT2D eigenvalue weighted by atomic mass is 35.5. The predicted octanol–water partition coefficient (Wildman–Crippen LogP) is 3.93. The highest BCUT2D eigenvalue weighted by molar-refractivity contribution is 7.93. The molecule has 6 nitrogen and oxygen atoms in total. The van der Waals surface area contributed by atoms with Gasteiger partial charge < -0.3 is 14.4 Å². The zero-order chi connectivity index (χ0) is 21.1. The van der Waals surface area contributed by atoms with Gasteiger partial charge >= 0.3 is 5.97 Å². The quantitative estimate of drug-likeness (QED) is 0.637. The molecule has 0 aliphatic carbocycles. The van der Waals surface area contributed by atoms with Crippen LogP contribution in [0.15, 0.2) is 53.4 Å². The van der Waals surface area contributed by atoms with E-state index in [2.05, 4.69) is 0 Å². The number of benzene rings is 2. The third kappa shape index (κ3) is 4.42. The van der Waals surface area contributed by atoms with E-state index in [4.69, 9.17) is 21.1 Å². The van der Waals surface area contributed by atoms with Gasteiger partial charge in [0.25, 0.3) is 0 Å². The molecule has 0 saturated carbocycles. The SMILES string of the molecule is CCOC(=O)C1(S(=O)(=O)c2ccc(Oc3ccc(Cl)cc3)cc2)CCN(C)CC1. The summed E-state index contributed by atoms with van der Waals surface area (Å²) < 4.78 is 36.3. The van der Waals surface area contributed by atoms with Crippen LogP contribution < -0.4 is 4.74 Å². The van der Waals surface area contributed by atoms with Gasteiger partial charge in [-0.1, -0.05) is 11.6 Å². The van der Waals surface area contributed by atoms with E-state index in [9.17, 15) is 13.2 Å². The molecule has 1 aliphatic rings. The molecule has 0 unspecified atom stereocenters. The van der Waals surface area contributed by atoms with Gasteiger partial charge in [-0.25, -0.2) is 8.42 Å². The number of sulfone groups is 1. The number of nitrogens with zero attached hydrogens (tertiary/aromatic N) is 1. The van der Waals surface area contributed by atoms with E-state index in [1.54, 1.807) is 43.3 Å². The first-order valence-electron chi connectivity index (χ1n) is 9.42. The van der Waals surface area contributed by atoms with Gasteiger partial charge in [0.15, 0.2) is 14.6 Å². The van der Waals surface area contributed by atoms with Crippen LogP contribution in [-0.4, -0.2) is 50.8 Å². The van der Waals surface area contributed by atoms with E-state index < -0.39 is 20.6 Å². The largest absolute Gasteiger partial charge is 0.465 e. The van der Waals surface area contributed by atoms with E-state index in [0.29, 0.717) is 29.6 Å². The van der Waals surface area contributed by atoms with E-state index >= 15 is 0 Å². The number of halogens is 1. The minimum absolute atomic E-state index is 0.0820. The average Bonchev–Trinajstić information content (AvgIpc) is 2.71. The lowest BCUT2D eigenvalue weighted by molar-refractivity contribution is -0.147. The summed E-state index contributed by atoms with van der Waals surface area (Å²) in [4.78, 5) is 14.8. The van der Waals surface area contributed by atoms with E-state index in [0.717, 1.165) is 0 Å². The van der Waals surface area contributed by atoms with Crippen molar-refractivity contribution in [2.24, 2.45) is 0 Å². The van der Waals surface area contributed by atoms with Gasteiger partial charge in [0, 0.05) is 5.02 Å². The van der Waals surface area contributed by atoms with Crippen LogP contribution in [0.3, 0.4) is 0 Å². The number of hydrogen-bond donors (Lipinski definition) is 0. The van der Waals surface area contributed by atoms with Crippen LogP contribution >= 0.6 is 11.6 Å². The number of piperidine rings is 1. The Morgan fingerprint density at radius 2 is 1.55 bits per heavy atom. The monoisotopic (exact) mass is 437 g/mol. The minimum atomic E-state index is -3.94. The number of ether oxygens (including phenoxy) is 2. The van der Waals surface area contributed by atoms with Gasteiger partial charge in [-0.3, -0.25) is 4.79 Å². The van der Waals surface area contributed by atoms with Crippen molar-refractivity contribution in [1.82, 2.24) is 4.90 Å². The molecule has 1 aliphatic heterocycles. The molecule has 1 heterocycles. The van der Waals surface area contributed by atoms with Gasteiger partial charge in [-0.15, -0.1) is 0 Å². The van der Waals surface area contributed by atoms with Gasteiger partial charge in [-0.2, -0.15) is 0 Å². The zero-order valence-corrected chi connectivity index (χ0v) is 18.0. The van der Waals surface area contributed by atoms with Crippen LogP contribution in [0, 0.1) is 0 Å². The molecule has 0 atom stereocenters. The summed E-state index contributed by atoms with van der Waals surface area (Å²) in [5, 5.41) is 0.598. The molecule has 1 fully saturated rings. The Kier molecular flexibility index (Phi) is 6.51. The third-order valence-electron chi connectivity index (χ3n) is 5.14. The average molecular weight is 438 g/mol. The molecule has 1 saturated heterocycles. The van der Waals surface area contributed by atoms with Crippen LogP contribution in [0.5, 0.6) is 11.5 Å². The maximum atomic E-state index is 13.5. The standard InChI is InChI=1S/C21H24ClNO5S/c1-3-27-20(24)21(12-14-23(2)15-13-21)29(25,26)19-10-8-18(9-11-19)28-17-6-4-16(22)5-7-17/h4-11H,3,12-15H2,1-2H3. The fraction of sp³-hybridized carbons (Fsp3) is 0.381. The predicted molar refractivity (Wildman–Crippen MR) is 111 cm³/mol. The summed E-state index contributed by atoms with van der Waals surface area (Å²) in [6.07, 6.45) is 0.404. The Morgan fingerprint density at radius 1 is 1.03 bits per heavy atom. The lowest BCUT2D eigenvalue weighted by Crippen LogP contribution is -2.54. The van der Waals surface area contributed by atoms with Crippen molar-refractivity contribution in [2.45, 2.75) is 29.4 Å². The number of esters is 1. The molecule has 156 valence electrons. The van der Waals surface area contributed by atoms with Crippen molar-refractivity contribution in [2.75, 3.05) is 26.7 Å². The Hall–Kier alpha value is -2.09. The van der Waals surface area contributed by atoms with Crippen LogP contribution in [0.4, 0.5) is 0 Å². The van der Waals surface area contributed by atoms with Crippen molar-refractivity contribution < 1.29 is 22.7 Å². The second kappa shape index (κ2) is 8.73. The van der Waals surface area contributed by atoms with Gasteiger partial charge in [-0.05, 0) is 88.4 Å². The van der Waals surface area contributed by atoms with E-state index in [-0.39, 0.29) is 24.3 Å². The van der Waals surface area contributed by atoms with Crippen molar-refractivity contribution in [3.63, 3.8) is 0 Å². The van der Waals surface area contributed by atoms with E-state index in [1.165, 1.54) is 12.1 Å². The van der Waals surface area contributed by atoms with Gasteiger partial charge in [0.1, 0.15) is 11.5 Å². The molecule has 0 aromatic heterocycles. The number of carbonyl (C=O) groups excluding carboxylic acids is 1. The van der Waals surface area contributed by atoms with Crippen LogP contribution in [0.25, 0.3) is 0 Å². The topological polar surface area (TPSA) is 72.9 Å². The lowest BCUT2D eigenvalue weighted by atomic mass is 9.96. The summed E-state index contributed by atoms with van der Waals surface area (Å²) in [7, 11) is -2.03. The molecule has 0 radical (unpaired) electrons. The molecular formula is C21H24ClNO5S. The normalized spacial score (nSPS) is 16.9. The first-order valence-corrected chi connectivity index (χ1v) is 11.3. The number of rotatable bonds is 6. The zero-order valence-electron chi connectivity index (χ0n) is 16.4. The smallest absolute Gasteiger partial charge is 0.327 e. The molecule has 0 bridgehead atoms. The van der Waals surface area contributed by atoms with Crippen LogP contribution in [-0.2, 0) is 19.4 Å². The third-order valence-corrected chi connectivity index (χ3v) is 7.89. The second-order valence-corrected chi connectivity index (χ2v) is 9.75. The fourth-order valence-electron chi connectivity index (χ4n) is 3.38. The fourth-order valence-corrected chi connectivity index (χ4v) is 5.45. The first kappa shape index (κ1) is 21.6. The van der Waals surface area contributed by atoms with Crippen molar-refractivity contribution >= 4 is 27.4 Å². The molecule has 8 heteroatoms. The summed E-state index contributed by atoms with van der Waals surface area (Å²) in [5.41, 5.74) is 0. The summed E-state index contributed by atoms with van der Waals surface area (Å²) in [5.74, 6) is 0.401. The summed E-state index contributed by atoms with van der Waals surface area (Å²) in [6, 6.07) is 13.0. The van der Waals surface area contributed by atoms with Crippen LogP contribution in [0.2, 0.25) is 5.02 Å². The minimum Gasteiger partial charge on any atom is -0.465 e. The number of likely N-dealkylation sites (tertiary alicyclic amines) is 1. The Labute approximate surface area is 176 Å². The molecule has 29 heavy (non-hydrogen) atoms. The Bertz CT molecular complexity index is 950. The van der Waals surface area contributed by atoms with Crippen LogP contribution in [0.1, 0.15) is 19.8 Å². The Balaban J connectivity index is 1.88. The number of hydrogen-bond acceptors (Lipinski definition) is 6. The first-order chi connectivity index (χ1) is 13.8. The maximum Gasteiger partial charge on any atom is 0.327 e. The Morgan fingerprint density at radius 3 is 2.07 bits per heavy atom. The molecule has 3 rings (SSSR count). The molecule has 0 amide bonds. The highest BCUT2D eigenvalue weighted by Gasteiger charge is 2.53. The summed E-state index contributed by atoms with van der Waals surface area (Å²) >= 11 is 5.87. The molecule has 2 aromatic rings. The maximum absolute atomic E-state index is 13.5. The highest BCUT2D eigenvalue weighted by Crippen LogP contribution is 2.37. The lowest BCUT2D eigenvalue weighted by Gasteiger charge is -2.37. The van der Waals surface area contributed by atoms with E-state index in [1.807, 2.05) is 11.9 Å². The molecule has 0 N–H and O–H groups in total. The summed E-state index contributed by atoms with van der Waals surface area (Å²) in [6.45, 7) is 2.83. The second-order valence-electron chi connectivity index (χ2n) is 7.05. The molecule has 2 aromatic carbocycles. The van der Waals surface area contributed by atoms with Crippen molar-refractivity contribution in [3.8, 4) is 11.5 Å². The molecular weight excluding hydrogens is 414 g/mol. The molecule has 0 spiro atoms. The van der Waals surface area contributed by atoms with Crippen molar-refractivity contribution in [3.05, 3.63) is 53.6 Å².